The number of hydrogen-bond acceptors (Lipinski definition) is 7. The van der Waals surface area contributed by atoms with E-state index in [1.165, 1.54) is 23.1 Å². The summed E-state index contributed by atoms with van der Waals surface area (Å²) in [5.41, 5.74) is 0.196. The molecule has 9 heteroatoms. The van der Waals surface area contributed by atoms with Crippen LogP contribution in [0, 0.1) is 0 Å². The molecule has 0 aliphatic heterocycles. The highest BCUT2D eigenvalue weighted by Gasteiger charge is 2.16. The van der Waals surface area contributed by atoms with Gasteiger partial charge in [-0.2, -0.15) is 0 Å². The molecule has 1 rings (SSSR count). The fourth-order valence-corrected chi connectivity index (χ4v) is 1.88. The highest BCUT2D eigenvalue weighted by molar-refractivity contribution is 5.96. The van der Waals surface area contributed by atoms with Gasteiger partial charge < -0.3 is 24.4 Å². The highest BCUT2D eigenvalue weighted by Crippen LogP contribution is 2.19. The van der Waals surface area contributed by atoms with Crippen LogP contribution in [0.2, 0.25) is 0 Å². The van der Waals surface area contributed by atoms with Crippen LogP contribution in [0.5, 0.6) is 5.75 Å². The van der Waals surface area contributed by atoms with Crippen molar-refractivity contribution in [2.75, 3.05) is 40.5 Å². The third kappa shape index (κ3) is 7.35. The molecular formula is C18H24N2O7. The predicted molar refractivity (Wildman–Crippen MR) is 95.6 cm³/mol. The number of rotatable bonds is 9. The van der Waals surface area contributed by atoms with Crippen LogP contribution >= 0.6 is 0 Å². The third-order valence-electron chi connectivity index (χ3n) is 3.23. The van der Waals surface area contributed by atoms with Gasteiger partial charge in [0.2, 0.25) is 5.91 Å². The minimum absolute atomic E-state index is 0.0978. The highest BCUT2D eigenvalue weighted by atomic mass is 16.5. The van der Waals surface area contributed by atoms with Gasteiger partial charge in [0.15, 0.2) is 6.61 Å². The standard InChI is InChI=1S/C18H24N2O7/c1-5-25-17(23)12-7-13(18(24)26-6-2)9-14(8-12)27-11-15(21)19-10-16(22)20(3)4/h7-9H,5-6,10-11H2,1-4H3,(H,19,21). The Morgan fingerprint density at radius 3 is 1.89 bits per heavy atom. The maximum absolute atomic E-state index is 12.0. The molecule has 0 heterocycles. The first-order valence-corrected chi connectivity index (χ1v) is 8.37. The summed E-state index contributed by atoms with van der Waals surface area (Å²) in [6.45, 7) is 3.09. The van der Waals surface area contributed by atoms with Crippen LogP contribution in [0.3, 0.4) is 0 Å². The van der Waals surface area contributed by atoms with Gasteiger partial charge in [0.1, 0.15) is 5.75 Å². The Bertz CT molecular complexity index is 665. The van der Waals surface area contributed by atoms with Crippen LogP contribution in [-0.4, -0.2) is 69.1 Å². The summed E-state index contributed by atoms with van der Waals surface area (Å²) in [4.78, 5) is 48.5. The zero-order valence-electron chi connectivity index (χ0n) is 15.9. The third-order valence-corrected chi connectivity index (χ3v) is 3.23. The minimum atomic E-state index is -0.630. The fourth-order valence-electron chi connectivity index (χ4n) is 1.88. The lowest BCUT2D eigenvalue weighted by atomic mass is 10.1. The number of ether oxygens (including phenoxy) is 3. The van der Waals surface area contributed by atoms with E-state index in [2.05, 4.69) is 5.32 Å². The molecule has 0 aliphatic rings. The van der Waals surface area contributed by atoms with Gasteiger partial charge in [-0.05, 0) is 32.0 Å². The summed E-state index contributed by atoms with van der Waals surface area (Å²) >= 11 is 0. The molecule has 1 N–H and O–H groups in total. The smallest absolute Gasteiger partial charge is 0.338 e. The molecule has 1 aromatic carbocycles. The van der Waals surface area contributed by atoms with Crippen LogP contribution in [0.15, 0.2) is 18.2 Å². The average molecular weight is 380 g/mol. The van der Waals surface area contributed by atoms with Crippen molar-refractivity contribution < 1.29 is 33.4 Å². The van der Waals surface area contributed by atoms with Crippen molar-refractivity contribution >= 4 is 23.8 Å². The van der Waals surface area contributed by atoms with E-state index in [4.69, 9.17) is 14.2 Å². The molecule has 0 saturated heterocycles. The summed E-state index contributed by atoms with van der Waals surface area (Å²) in [6, 6.07) is 4.05. The van der Waals surface area contributed by atoms with E-state index in [9.17, 15) is 19.2 Å². The van der Waals surface area contributed by atoms with E-state index in [0.717, 1.165) is 0 Å². The molecule has 0 unspecified atom stereocenters. The van der Waals surface area contributed by atoms with Gasteiger partial charge in [0, 0.05) is 14.1 Å². The second-order valence-corrected chi connectivity index (χ2v) is 5.54. The van der Waals surface area contributed by atoms with E-state index in [-0.39, 0.29) is 42.5 Å². The predicted octanol–water partition coefficient (Wildman–Crippen LogP) is 0.623. The molecule has 0 aromatic heterocycles. The van der Waals surface area contributed by atoms with E-state index < -0.39 is 24.5 Å². The van der Waals surface area contributed by atoms with Gasteiger partial charge in [0.05, 0.1) is 30.9 Å². The molecule has 0 atom stereocenters. The Kier molecular flexibility index (Phi) is 8.77. The van der Waals surface area contributed by atoms with Gasteiger partial charge >= 0.3 is 11.9 Å². The van der Waals surface area contributed by atoms with Crippen molar-refractivity contribution in [2.24, 2.45) is 0 Å². The number of hydrogen-bond donors (Lipinski definition) is 1. The zero-order valence-corrected chi connectivity index (χ0v) is 15.9. The topological polar surface area (TPSA) is 111 Å². The van der Waals surface area contributed by atoms with Crippen molar-refractivity contribution in [1.29, 1.82) is 0 Å². The lowest BCUT2D eigenvalue weighted by Crippen LogP contribution is -2.38. The number of nitrogens with one attached hydrogen (secondary N) is 1. The van der Waals surface area contributed by atoms with E-state index >= 15 is 0 Å². The summed E-state index contributed by atoms with van der Waals surface area (Å²) in [5.74, 6) is -1.93. The molecule has 27 heavy (non-hydrogen) atoms. The molecule has 0 radical (unpaired) electrons. The van der Waals surface area contributed by atoms with Crippen LogP contribution in [0.25, 0.3) is 0 Å². The van der Waals surface area contributed by atoms with Gasteiger partial charge in [-0.25, -0.2) is 9.59 Å². The minimum Gasteiger partial charge on any atom is -0.484 e. The molecule has 0 saturated carbocycles. The Labute approximate surface area is 157 Å². The van der Waals surface area contributed by atoms with Crippen molar-refractivity contribution in [3.8, 4) is 5.75 Å². The lowest BCUT2D eigenvalue weighted by molar-refractivity contribution is -0.131. The number of nitrogens with zero attached hydrogens (tertiary/aromatic N) is 1. The monoisotopic (exact) mass is 380 g/mol. The quantitative estimate of drug-likeness (QED) is 0.625. The molecular weight excluding hydrogens is 356 g/mol. The zero-order chi connectivity index (χ0) is 20.4. The van der Waals surface area contributed by atoms with E-state index in [1.54, 1.807) is 27.9 Å². The Morgan fingerprint density at radius 1 is 0.926 bits per heavy atom. The Hall–Kier alpha value is -3.10. The van der Waals surface area contributed by atoms with Crippen molar-refractivity contribution in [3.05, 3.63) is 29.3 Å². The molecule has 1 aromatic rings. The fraction of sp³-hybridized carbons (Fsp3) is 0.444. The normalized spacial score (nSPS) is 9.93. The number of amides is 2. The summed E-state index contributed by atoms with van der Waals surface area (Å²) in [6.07, 6.45) is 0. The second kappa shape index (κ2) is 10.8. The molecule has 0 aliphatic carbocycles. The van der Waals surface area contributed by atoms with Crippen LogP contribution in [0.1, 0.15) is 34.6 Å². The average Bonchev–Trinajstić information content (AvgIpc) is 2.64. The number of esters is 2. The molecule has 148 valence electrons. The van der Waals surface area contributed by atoms with Crippen LogP contribution in [-0.2, 0) is 19.1 Å². The van der Waals surface area contributed by atoms with E-state index in [1.807, 2.05) is 0 Å². The summed E-state index contributed by atoms with van der Waals surface area (Å²) < 4.78 is 15.2. The Morgan fingerprint density at radius 2 is 1.44 bits per heavy atom. The number of benzene rings is 1. The van der Waals surface area contributed by atoms with Crippen LogP contribution in [0.4, 0.5) is 0 Å². The van der Waals surface area contributed by atoms with Crippen molar-refractivity contribution in [3.63, 3.8) is 0 Å². The maximum Gasteiger partial charge on any atom is 0.338 e. The largest absolute Gasteiger partial charge is 0.484 e. The maximum atomic E-state index is 12.0. The second-order valence-electron chi connectivity index (χ2n) is 5.54. The molecule has 0 spiro atoms. The van der Waals surface area contributed by atoms with Crippen molar-refractivity contribution in [2.45, 2.75) is 13.8 Å². The SMILES string of the molecule is CCOC(=O)c1cc(OCC(=O)NCC(=O)N(C)C)cc(C(=O)OCC)c1. The van der Waals surface area contributed by atoms with Gasteiger partial charge in [0.25, 0.3) is 5.91 Å². The molecule has 9 nitrogen and oxygen atoms in total. The molecule has 2 amide bonds. The number of likely N-dealkylation sites (N-methyl/N-ethyl adjacent to an activating group) is 1. The van der Waals surface area contributed by atoms with Crippen LogP contribution < -0.4 is 10.1 Å². The number of carbonyl (C=O) groups excluding carboxylic acids is 4. The first-order valence-electron chi connectivity index (χ1n) is 8.37. The lowest BCUT2D eigenvalue weighted by Gasteiger charge is -2.12. The van der Waals surface area contributed by atoms with Crippen molar-refractivity contribution in [1.82, 2.24) is 10.2 Å². The van der Waals surface area contributed by atoms with Gasteiger partial charge in [-0.3, -0.25) is 9.59 Å². The van der Waals surface area contributed by atoms with Gasteiger partial charge in [-0.15, -0.1) is 0 Å². The van der Waals surface area contributed by atoms with Gasteiger partial charge in [-0.1, -0.05) is 0 Å². The molecule has 0 bridgehead atoms. The first kappa shape index (κ1) is 21.9. The molecule has 0 fully saturated rings. The summed E-state index contributed by atoms with van der Waals surface area (Å²) in [5, 5.41) is 2.41. The first-order chi connectivity index (χ1) is 12.8. The number of carbonyl (C=O) groups is 4. The van der Waals surface area contributed by atoms with E-state index in [0.29, 0.717) is 0 Å². The summed E-state index contributed by atoms with van der Waals surface area (Å²) in [7, 11) is 3.14. The Balaban J connectivity index is 2.85.